The first kappa shape index (κ1) is 21.2. The number of ether oxygens (including phenoxy) is 1. The molecule has 0 bridgehead atoms. The summed E-state index contributed by atoms with van der Waals surface area (Å²) in [5.41, 5.74) is 1.53. The number of rotatable bonds is 6. The van der Waals surface area contributed by atoms with Crippen molar-refractivity contribution >= 4 is 24.1 Å². The van der Waals surface area contributed by atoms with E-state index in [9.17, 15) is 9.59 Å². The number of hydrogen-bond donors (Lipinski definition) is 0. The molecule has 4 rings (SSSR count). The molecule has 1 saturated carbocycles. The Morgan fingerprint density at radius 1 is 1.07 bits per heavy atom. The van der Waals surface area contributed by atoms with E-state index in [-0.39, 0.29) is 5.91 Å². The molecule has 1 aliphatic carbocycles. The molecule has 1 aliphatic heterocycles. The largest absolute Gasteiger partial charge is 0.497 e. The van der Waals surface area contributed by atoms with Crippen LogP contribution in [-0.4, -0.2) is 61.2 Å². The SMILES string of the molecule is COc1cccc(SCC(=O)N2CCN(C=O)CC2)c1.c1ccc(C2CC2)cc1. The molecule has 2 aromatic rings. The Bertz CT molecular complexity index is 788. The summed E-state index contributed by atoms with van der Waals surface area (Å²) in [6, 6.07) is 18.4. The zero-order chi connectivity index (χ0) is 20.5. The molecule has 6 heteroatoms. The van der Waals surface area contributed by atoms with E-state index in [0.717, 1.165) is 23.0 Å². The van der Waals surface area contributed by atoms with Crippen molar-refractivity contribution < 1.29 is 14.3 Å². The number of thioether (sulfide) groups is 1. The van der Waals surface area contributed by atoms with Crippen molar-refractivity contribution in [3.63, 3.8) is 0 Å². The predicted molar refractivity (Wildman–Crippen MR) is 116 cm³/mol. The van der Waals surface area contributed by atoms with Crippen LogP contribution in [0.2, 0.25) is 0 Å². The number of nitrogens with zero attached hydrogens (tertiary/aromatic N) is 2. The van der Waals surface area contributed by atoms with Gasteiger partial charge < -0.3 is 14.5 Å². The van der Waals surface area contributed by atoms with E-state index in [1.165, 1.54) is 30.2 Å². The number of methoxy groups -OCH3 is 1. The van der Waals surface area contributed by atoms with Crippen LogP contribution in [-0.2, 0) is 9.59 Å². The number of carbonyl (C=O) groups is 2. The Morgan fingerprint density at radius 2 is 1.79 bits per heavy atom. The van der Waals surface area contributed by atoms with Gasteiger partial charge in [-0.3, -0.25) is 9.59 Å². The summed E-state index contributed by atoms with van der Waals surface area (Å²) >= 11 is 1.50. The van der Waals surface area contributed by atoms with Gasteiger partial charge in [-0.1, -0.05) is 36.4 Å². The maximum absolute atomic E-state index is 12.1. The van der Waals surface area contributed by atoms with Crippen LogP contribution in [0.1, 0.15) is 24.3 Å². The summed E-state index contributed by atoms with van der Waals surface area (Å²) < 4.78 is 5.15. The Hall–Kier alpha value is -2.47. The average Bonchev–Trinajstić information content (AvgIpc) is 3.64. The van der Waals surface area contributed by atoms with Crippen molar-refractivity contribution in [3.8, 4) is 5.75 Å². The number of hydrogen-bond acceptors (Lipinski definition) is 4. The fourth-order valence-corrected chi connectivity index (χ4v) is 3.99. The lowest BCUT2D eigenvalue weighted by Gasteiger charge is -2.32. The van der Waals surface area contributed by atoms with Gasteiger partial charge in [0, 0.05) is 31.1 Å². The van der Waals surface area contributed by atoms with E-state index in [1.807, 2.05) is 29.2 Å². The molecule has 2 aromatic carbocycles. The molecule has 29 heavy (non-hydrogen) atoms. The molecule has 1 saturated heterocycles. The first-order valence-corrected chi connectivity index (χ1v) is 11.0. The minimum atomic E-state index is 0.114. The van der Waals surface area contributed by atoms with Crippen LogP contribution >= 0.6 is 11.8 Å². The minimum absolute atomic E-state index is 0.114. The van der Waals surface area contributed by atoms with E-state index in [1.54, 1.807) is 12.0 Å². The van der Waals surface area contributed by atoms with Gasteiger partial charge in [0.05, 0.1) is 12.9 Å². The highest BCUT2D eigenvalue weighted by Crippen LogP contribution is 2.39. The molecule has 2 aliphatic rings. The van der Waals surface area contributed by atoms with Crippen molar-refractivity contribution in [1.29, 1.82) is 0 Å². The normalized spacial score (nSPS) is 15.9. The Balaban J connectivity index is 0.000000220. The van der Waals surface area contributed by atoms with Gasteiger partial charge in [0.25, 0.3) is 0 Å². The summed E-state index contributed by atoms with van der Waals surface area (Å²) in [7, 11) is 1.63. The molecule has 1 heterocycles. The van der Waals surface area contributed by atoms with E-state index in [2.05, 4.69) is 30.3 Å². The maximum Gasteiger partial charge on any atom is 0.233 e. The summed E-state index contributed by atoms with van der Waals surface area (Å²) in [4.78, 5) is 27.2. The van der Waals surface area contributed by atoms with Gasteiger partial charge in [-0.05, 0) is 42.5 Å². The highest BCUT2D eigenvalue weighted by atomic mass is 32.2. The first-order valence-electron chi connectivity index (χ1n) is 9.98. The van der Waals surface area contributed by atoms with Gasteiger partial charge in [-0.2, -0.15) is 0 Å². The molecule has 0 spiro atoms. The Morgan fingerprint density at radius 3 is 2.41 bits per heavy atom. The van der Waals surface area contributed by atoms with E-state index >= 15 is 0 Å². The minimum Gasteiger partial charge on any atom is -0.497 e. The lowest BCUT2D eigenvalue weighted by atomic mass is 10.1. The van der Waals surface area contributed by atoms with Gasteiger partial charge in [-0.15, -0.1) is 11.8 Å². The number of amides is 2. The van der Waals surface area contributed by atoms with Crippen LogP contribution in [0.15, 0.2) is 59.5 Å². The van der Waals surface area contributed by atoms with E-state index in [4.69, 9.17) is 4.74 Å². The predicted octanol–water partition coefficient (Wildman–Crippen LogP) is 3.65. The quantitative estimate of drug-likeness (QED) is 0.537. The van der Waals surface area contributed by atoms with Crippen LogP contribution in [0.3, 0.4) is 0 Å². The zero-order valence-corrected chi connectivity index (χ0v) is 17.6. The molecule has 154 valence electrons. The second kappa shape index (κ2) is 10.9. The monoisotopic (exact) mass is 412 g/mol. The summed E-state index contributed by atoms with van der Waals surface area (Å²) in [6.45, 7) is 2.49. The molecular weight excluding hydrogens is 384 g/mol. The smallest absolute Gasteiger partial charge is 0.233 e. The molecule has 0 atom stereocenters. The van der Waals surface area contributed by atoms with Crippen molar-refractivity contribution in [2.45, 2.75) is 23.7 Å². The molecule has 2 fully saturated rings. The fraction of sp³-hybridized carbons (Fsp3) is 0.391. The summed E-state index contributed by atoms with van der Waals surface area (Å²) in [5, 5.41) is 0. The standard InChI is InChI=1S/C14H18N2O3S.C9H10/c1-19-12-3-2-4-13(9-12)20-10-14(18)16-7-5-15(11-17)6-8-16;1-2-4-8(5-3-1)9-6-7-9/h2-4,9,11H,5-8,10H2,1H3;1-5,9H,6-7H2. The zero-order valence-electron chi connectivity index (χ0n) is 16.8. The van der Waals surface area contributed by atoms with Crippen molar-refractivity contribution in [1.82, 2.24) is 9.80 Å². The van der Waals surface area contributed by atoms with Crippen LogP contribution < -0.4 is 4.74 Å². The second-order valence-corrected chi connectivity index (χ2v) is 8.22. The Labute approximate surface area is 177 Å². The average molecular weight is 413 g/mol. The molecule has 0 radical (unpaired) electrons. The van der Waals surface area contributed by atoms with Gasteiger partial charge >= 0.3 is 0 Å². The molecule has 0 aromatic heterocycles. The number of benzene rings is 2. The van der Waals surface area contributed by atoms with Gasteiger partial charge in [0.15, 0.2) is 0 Å². The van der Waals surface area contributed by atoms with E-state index < -0.39 is 0 Å². The van der Waals surface area contributed by atoms with Gasteiger partial charge in [0.1, 0.15) is 5.75 Å². The van der Waals surface area contributed by atoms with Gasteiger partial charge in [-0.25, -0.2) is 0 Å². The molecule has 0 unspecified atom stereocenters. The van der Waals surface area contributed by atoms with Gasteiger partial charge in [0.2, 0.25) is 12.3 Å². The maximum atomic E-state index is 12.1. The highest BCUT2D eigenvalue weighted by molar-refractivity contribution is 8.00. The molecule has 2 amide bonds. The highest BCUT2D eigenvalue weighted by Gasteiger charge is 2.22. The Kier molecular flexibility index (Phi) is 7.99. The second-order valence-electron chi connectivity index (χ2n) is 7.17. The summed E-state index contributed by atoms with van der Waals surface area (Å²) in [5.74, 6) is 2.23. The van der Waals surface area contributed by atoms with Crippen molar-refractivity contribution in [2.24, 2.45) is 0 Å². The summed E-state index contributed by atoms with van der Waals surface area (Å²) in [6.07, 6.45) is 3.65. The first-order chi connectivity index (χ1) is 14.2. The molecular formula is C23H28N2O3S. The van der Waals surface area contributed by atoms with Crippen LogP contribution in [0.5, 0.6) is 5.75 Å². The third kappa shape index (κ3) is 6.82. The van der Waals surface area contributed by atoms with Crippen molar-refractivity contribution in [3.05, 3.63) is 60.2 Å². The third-order valence-electron chi connectivity index (χ3n) is 5.07. The fourth-order valence-electron chi connectivity index (χ4n) is 3.15. The van der Waals surface area contributed by atoms with Crippen LogP contribution in [0, 0.1) is 0 Å². The van der Waals surface area contributed by atoms with Crippen LogP contribution in [0.4, 0.5) is 0 Å². The molecule has 0 N–H and O–H groups in total. The lowest BCUT2D eigenvalue weighted by Crippen LogP contribution is -2.48. The van der Waals surface area contributed by atoms with E-state index in [0.29, 0.717) is 31.9 Å². The molecule has 5 nitrogen and oxygen atoms in total. The third-order valence-corrected chi connectivity index (χ3v) is 6.05. The lowest BCUT2D eigenvalue weighted by molar-refractivity contribution is -0.132. The number of carbonyl (C=O) groups excluding carboxylic acids is 2. The van der Waals surface area contributed by atoms with Crippen LogP contribution in [0.25, 0.3) is 0 Å². The van der Waals surface area contributed by atoms with Crippen molar-refractivity contribution in [2.75, 3.05) is 39.0 Å². The number of piperazine rings is 1. The topological polar surface area (TPSA) is 49.9 Å².